The van der Waals surface area contributed by atoms with E-state index in [9.17, 15) is 35.9 Å². The molecular formula is C28H32F6N2O3. The van der Waals surface area contributed by atoms with Crippen molar-refractivity contribution in [3.05, 3.63) is 70.3 Å². The Morgan fingerprint density at radius 2 is 1.49 bits per heavy atom. The summed E-state index contributed by atoms with van der Waals surface area (Å²) >= 11 is 0. The Hall–Kier alpha value is -3.24. The fraction of sp³-hybridized carbons (Fsp3) is 0.500. The summed E-state index contributed by atoms with van der Waals surface area (Å²) in [5.41, 5.74) is -2.09. The summed E-state index contributed by atoms with van der Waals surface area (Å²) in [7, 11) is 1.35. The molecule has 214 valence electrons. The van der Waals surface area contributed by atoms with Gasteiger partial charge in [-0.05, 0) is 63.4 Å². The van der Waals surface area contributed by atoms with E-state index in [1.54, 1.807) is 20.8 Å². The van der Waals surface area contributed by atoms with Crippen LogP contribution in [0.3, 0.4) is 0 Å². The highest BCUT2D eigenvalue weighted by Gasteiger charge is 2.40. The molecule has 3 rings (SSSR count). The van der Waals surface area contributed by atoms with E-state index < -0.39 is 59.5 Å². The average Bonchev–Trinajstić information content (AvgIpc) is 2.81. The number of hydrogen-bond donors (Lipinski definition) is 0. The third-order valence-electron chi connectivity index (χ3n) is 6.53. The van der Waals surface area contributed by atoms with Crippen molar-refractivity contribution in [3.8, 4) is 0 Å². The molecule has 0 N–H and O–H groups in total. The molecule has 1 fully saturated rings. The normalized spacial score (nSPS) is 18.6. The molecule has 0 saturated carbocycles. The molecule has 1 heterocycles. The topological polar surface area (TPSA) is 49.9 Å². The lowest BCUT2D eigenvalue weighted by atomic mass is 9.79. The molecule has 0 spiro atoms. The predicted octanol–water partition coefficient (Wildman–Crippen LogP) is 7.03. The number of piperidine rings is 1. The third kappa shape index (κ3) is 7.89. The molecule has 2 atom stereocenters. The van der Waals surface area contributed by atoms with E-state index in [0.717, 1.165) is 16.0 Å². The van der Waals surface area contributed by atoms with Gasteiger partial charge in [0.15, 0.2) is 0 Å². The maximum Gasteiger partial charge on any atom is 0.416 e. The van der Waals surface area contributed by atoms with Crippen molar-refractivity contribution in [1.29, 1.82) is 0 Å². The highest BCUT2D eigenvalue weighted by Crippen LogP contribution is 2.38. The molecule has 1 saturated heterocycles. The highest BCUT2D eigenvalue weighted by atomic mass is 19.4. The second-order valence-corrected chi connectivity index (χ2v) is 10.9. The quantitative estimate of drug-likeness (QED) is 0.379. The van der Waals surface area contributed by atoms with E-state index in [1.165, 1.54) is 11.9 Å². The molecule has 39 heavy (non-hydrogen) atoms. The van der Waals surface area contributed by atoms with Gasteiger partial charge >= 0.3 is 18.4 Å². The maximum absolute atomic E-state index is 13.6. The summed E-state index contributed by atoms with van der Waals surface area (Å²) in [6.45, 7) is 7.06. The summed E-state index contributed by atoms with van der Waals surface area (Å²) in [6.07, 6.45) is -10.2. The van der Waals surface area contributed by atoms with Gasteiger partial charge in [-0.15, -0.1) is 0 Å². The van der Waals surface area contributed by atoms with Gasteiger partial charge in [0.1, 0.15) is 5.60 Å². The molecule has 11 heteroatoms. The van der Waals surface area contributed by atoms with Gasteiger partial charge in [-0.3, -0.25) is 4.79 Å². The second kappa shape index (κ2) is 11.1. The molecule has 0 aliphatic carbocycles. The number of halogens is 6. The lowest BCUT2D eigenvalue weighted by Gasteiger charge is -2.40. The first-order chi connectivity index (χ1) is 17.8. The monoisotopic (exact) mass is 558 g/mol. The van der Waals surface area contributed by atoms with Crippen LogP contribution >= 0.6 is 0 Å². The van der Waals surface area contributed by atoms with E-state index >= 15 is 0 Å². The number of nitrogens with zero attached hydrogens (tertiary/aromatic N) is 2. The Bertz CT molecular complexity index is 1150. The zero-order valence-corrected chi connectivity index (χ0v) is 22.4. The molecule has 0 radical (unpaired) electrons. The molecule has 2 amide bonds. The van der Waals surface area contributed by atoms with Crippen LogP contribution in [0.1, 0.15) is 60.9 Å². The SMILES string of the molecule is Cc1ccc(C2CN(C(=O)OC(C)(C)C)CC[C@@H]2C(=O)N(C)Cc2cc(C(F)(F)F)cc(C(F)(F)F)c2)cc1. The van der Waals surface area contributed by atoms with Crippen molar-refractivity contribution >= 4 is 12.0 Å². The van der Waals surface area contributed by atoms with Gasteiger partial charge in [-0.1, -0.05) is 29.8 Å². The first-order valence-electron chi connectivity index (χ1n) is 12.4. The Morgan fingerprint density at radius 1 is 0.949 bits per heavy atom. The summed E-state index contributed by atoms with van der Waals surface area (Å²) in [4.78, 5) is 29.0. The first-order valence-corrected chi connectivity index (χ1v) is 12.4. The second-order valence-electron chi connectivity index (χ2n) is 10.9. The molecule has 2 aromatic rings. The molecule has 0 aromatic heterocycles. The van der Waals surface area contributed by atoms with E-state index in [4.69, 9.17) is 4.74 Å². The number of rotatable bonds is 4. The van der Waals surface area contributed by atoms with E-state index in [0.29, 0.717) is 12.1 Å². The lowest BCUT2D eigenvalue weighted by Crippen LogP contribution is -2.48. The minimum Gasteiger partial charge on any atom is -0.444 e. The van der Waals surface area contributed by atoms with Crippen LogP contribution in [0.2, 0.25) is 0 Å². The van der Waals surface area contributed by atoms with Crippen molar-refractivity contribution in [2.24, 2.45) is 5.92 Å². The van der Waals surface area contributed by atoms with Crippen LogP contribution < -0.4 is 0 Å². The average molecular weight is 559 g/mol. The van der Waals surface area contributed by atoms with Gasteiger partial charge in [0.25, 0.3) is 0 Å². The Morgan fingerprint density at radius 3 is 1.97 bits per heavy atom. The van der Waals surface area contributed by atoms with Gasteiger partial charge in [0.2, 0.25) is 5.91 Å². The van der Waals surface area contributed by atoms with Gasteiger partial charge in [-0.25, -0.2) is 4.79 Å². The Balaban J connectivity index is 1.88. The molecule has 5 nitrogen and oxygen atoms in total. The summed E-state index contributed by atoms with van der Waals surface area (Å²) in [6, 6.07) is 8.75. The van der Waals surface area contributed by atoms with Gasteiger partial charge in [0.05, 0.1) is 11.1 Å². The van der Waals surface area contributed by atoms with E-state index in [-0.39, 0.29) is 31.1 Å². The zero-order valence-electron chi connectivity index (χ0n) is 22.4. The van der Waals surface area contributed by atoms with Gasteiger partial charge in [-0.2, -0.15) is 26.3 Å². The number of alkyl halides is 6. The molecule has 1 aliphatic heterocycles. The number of aryl methyl sites for hydroxylation is 1. The number of amides is 2. The van der Waals surface area contributed by atoms with Crippen molar-refractivity contribution in [2.45, 2.75) is 64.5 Å². The Kier molecular flexibility index (Phi) is 8.62. The molecular weight excluding hydrogens is 526 g/mol. The smallest absolute Gasteiger partial charge is 0.416 e. The van der Waals surface area contributed by atoms with E-state index in [1.807, 2.05) is 31.2 Å². The summed E-state index contributed by atoms with van der Waals surface area (Å²) in [5, 5.41) is 0. The molecule has 1 aliphatic rings. The van der Waals surface area contributed by atoms with Gasteiger partial charge in [0, 0.05) is 38.5 Å². The van der Waals surface area contributed by atoms with E-state index in [2.05, 4.69) is 0 Å². The number of ether oxygens (including phenoxy) is 1. The fourth-order valence-electron chi connectivity index (χ4n) is 4.64. The van der Waals surface area contributed by atoms with Crippen LogP contribution in [0.5, 0.6) is 0 Å². The number of carbonyl (C=O) groups excluding carboxylic acids is 2. The number of likely N-dealkylation sites (tertiary alicyclic amines) is 1. The number of hydrogen-bond acceptors (Lipinski definition) is 3. The Labute approximate surface area is 223 Å². The van der Waals surface area contributed by atoms with Crippen LogP contribution in [-0.4, -0.2) is 47.5 Å². The summed E-state index contributed by atoms with van der Waals surface area (Å²) < 4.78 is 85.3. The minimum atomic E-state index is -4.98. The highest BCUT2D eigenvalue weighted by molar-refractivity contribution is 5.80. The van der Waals surface area contributed by atoms with Crippen molar-refractivity contribution in [2.75, 3.05) is 20.1 Å². The number of benzene rings is 2. The zero-order chi connectivity index (χ0) is 29.3. The van der Waals surface area contributed by atoms with Crippen LogP contribution in [0.15, 0.2) is 42.5 Å². The fourth-order valence-corrected chi connectivity index (χ4v) is 4.64. The van der Waals surface area contributed by atoms with Crippen LogP contribution in [0.25, 0.3) is 0 Å². The van der Waals surface area contributed by atoms with Crippen LogP contribution in [-0.2, 0) is 28.4 Å². The minimum absolute atomic E-state index is 0.0606. The number of carbonyl (C=O) groups is 2. The van der Waals surface area contributed by atoms with Crippen LogP contribution in [0.4, 0.5) is 31.1 Å². The van der Waals surface area contributed by atoms with Crippen molar-refractivity contribution < 1.29 is 40.7 Å². The maximum atomic E-state index is 13.6. The van der Waals surface area contributed by atoms with Crippen LogP contribution in [0, 0.1) is 12.8 Å². The van der Waals surface area contributed by atoms with Crippen molar-refractivity contribution in [1.82, 2.24) is 9.80 Å². The standard InChI is InChI=1S/C28H32F6N2O3/c1-17-6-8-19(9-7-17)23-16-36(25(38)39-26(2,3)4)11-10-22(23)24(37)35(5)15-18-12-20(27(29,30)31)14-21(13-18)28(32,33)34/h6-9,12-14,22-23H,10-11,15-16H2,1-5H3/t22-,23?/m0/s1. The third-order valence-corrected chi connectivity index (χ3v) is 6.53. The largest absolute Gasteiger partial charge is 0.444 e. The molecule has 2 aromatic carbocycles. The predicted molar refractivity (Wildman–Crippen MR) is 133 cm³/mol. The lowest BCUT2D eigenvalue weighted by molar-refractivity contribution is -0.143. The van der Waals surface area contributed by atoms with Gasteiger partial charge < -0.3 is 14.5 Å². The first kappa shape index (κ1) is 30.3. The summed E-state index contributed by atoms with van der Waals surface area (Å²) in [5.74, 6) is -1.53. The molecule has 0 bridgehead atoms. The van der Waals surface area contributed by atoms with Crippen molar-refractivity contribution in [3.63, 3.8) is 0 Å². The molecule has 1 unspecified atom stereocenters.